The van der Waals surface area contributed by atoms with Crippen LogP contribution in [0.25, 0.3) is 0 Å². The Morgan fingerprint density at radius 2 is 1.78 bits per heavy atom. The Morgan fingerprint density at radius 3 is 2.22 bits per heavy atom. The summed E-state index contributed by atoms with van der Waals surface area (Å²) in [6.45, 7) is 3.83. The molecule has 1 heteroatoms. The maximum atomic E-state index is 3.83. The average molecular weight is 294 g/mol. The molecule has 0 aromatic rings. The molecule has 0 heterocycles. The van der Waals surface area contributed by atoms with Gasteiger partial charge in [0, 0.05) is 0 Å². The maximum absolute atomic E-state index is 3.83. The third kappa shape index (κ3) is 3.40. The van der Waals surface area contributed by atoms with Crippen molar-refractivity contribution in [2.75, 3.05) is 0 Å². The fraction of sp³-hybridized carbons (Fsp3) is 0.750. The van der Waals surface area contributed by atoms with Gasteiger partial charge in [-0.3, -0.25) is 0 Å². The van der Waals surface area contributed by atoms with E-state index in [0.29, 0.717) is 0 Å². The zero-order valence-electron chi connectivity index (χ0n) is 5.86. The van der Waals surface area contributed by atoms with E-state index >= 15 is 0 Å². The summed E-state index contributed by atoms with van der Waals surface area (Å²) < 4.78 is 0. The number of rotatable bonds is 2. The first-order valence-corrected chi connectivity index (χ1v) is 3.56. The van der Waals surface area contributed by atoms with Crippen LogP contribution < -0.4 is 0 Å². The minimum atomic E-state index is 0. The summed E-state index contributed by atoms with van der Waals surface area (Å²) in [5, 5.41) is 0. The van der Waals surface area contributed by atoms with E-state index in [1.54, 1.807) is 5.92 Å². The standard InChI is InChI=1S/C8H14.W/c1-2-5-8-6-3-4-7-8;/h1-7H2;/q-2;+2. The van der Waals surface area contributed by atoms with Crippen molar-refractivity contribution in [2.24, 2.45) is 0 Å². The molecule has 0 radical (unpaired) electrons. The van der Waals surface area contributed by atoms with E-state index in [2.05, 4.69) is 6.92 Å². The SMILES string of the molecule is [CH2-]CC[C-]1CCCC1.[W+2]. The van der Waals surface area contributed by atoms with Crippen LogP contribution in [0.3, 0.4) is 0 Å². The Labute approximate surface area is 72.7 Å². The van der Waals surface area contributed by atoms with Crippen LogP contribution in [-0.2, 0) is 21.1 Å². The Kier molecular flexibility index (Phi) is 5.89. The summed E-state index contributed by atoms with van der Waals surface area (Å²) in [7, 11) is 0. The second kappa shape index (κ2) is 5.47. The van der Waals surface area contributed by atoms with Crippen molar-refractivity contribution >= 4 is 0 Å². The molecule has 1 aliphatic rings. The number of hydrogen-bond donors (Lipinski definition) is 0. The van der Waals surface area contributed by atoms with Crippen LogP contribution in [-0.4, -0.2) is 0 Å². The quantitative estimate of drug-likeness (QED) is 0.687. The van der Waals surface area contributed by atoms with Crippen molar-refractivity contribution in [3.8, 4) is 0 Å². The monoisotopic (exact) mass is 294 g/mol. The van der Waals surface area contributed by atoms with Crippen LogP contribution in [0, 0.1) is 12.8 Å². The Balaban J connectivity index is 0.000000640. The van der Waals surface area contributed by atoms with E-state index in [-0.39, 0.29) is 21.1 Å². The second-order valence-corrected chi connectivity index (χ2v) is 2.56. The summed E-state index contributed by atoms with van der Waals surface area (Å²) in [5.41, 5.74) is 0. The van der Waals surface area contributed by atoms with Gasteiger partial charge in [0.05, 0.1) is 0 Å². The molecule has 0 aromatic carbocycles. The van der Waals surface area contributed by atoms with Crippen LogP contribution in [0.1, 0.15) is 38.5 Å². The maximum Gasteiger partial charge on any atom is 2.00 e. The molecule has 0 unspecified atom stereocenters. The van der Waals surface area contributed by atoms with Gasteiger partial charge in [0.2, 0.25) is 0 Å². The van der Waals surface area contributed by atoms with Crippen molar-refractivity contribution < 1.29 is 21.1 Å². The normalized spacial score (nSPS) is 19.7. The average Bonchev–Trinajstić information content (AvgIpc) is 2.19. The van der Waals surface area contributed by atoms with Crippen LogP contribution in [0.4, 0.5) is 0 Å². The van der Waals surface area contributed by atoms with Gasteiger partial charge in [-0.25, -0.2) is 12.8 Å². The van der Waals surface area contributed by atoms with E-state index in [4.69, 9.17) is 0 Å². The molecular formula is C8H14W. The zero-order valence-corrected chi connectivity index (χ0v) is 8.79. The number of hydrogen-bond acceptors (Lipinski definition) is 0. The fourth-order valence-corrected chi connectivity index (χ4v) is 1.37. The smallest absolute Gasteiger partial charge is 0.346 e. The Bertz CT molecular complexity index is 55.6. The van der Waals surface area contributed by atoms with Gasteiger partial charge in [-0.05, 0) is 0 Å². The van der Waals surface area contributed by atoms with Gasteiger partial charge in [-0.1, -0.05) is 12.8 Å². The predicted octanol–water partition coefficient (Wildman–Crippen LogP) is 2.75. The van der Waals surface area contributed by atoms with Gasteiger partial charge in [0.25, 0.3) is 0 Å². The van der Waals surface area contributed by atoms with Crippen molar-refractivity contribution in [1.29, 1.82) is 0 Å². The van der Waals surface area contributed by atoms with Gasteiger partial charge >= 0.3 is 21.1 Å². The van der Waals surface area contributed by atoms with E-state index < -0.39 is 0 Å². The van der Waals surface area contributed by atoms with Crippen LogP contribution >= 0.6 is 0 Å². The summed E-state index contributed by atoms with van der Waals surface area (Å²) >= 11 is 0. The van der Waals surface area contributed by atoms with Gasteiger partial charge in [0.15, 0.2) is 0 Å². The predicted molar refractivity (Wildman–Crippen MR) is 36.3 cm³/mol. The van der Waals surface area contributed by atoms with Gasteiger partial charge in [-0.15, -0.1) is 0 Å². The van der Waals surface area contributed by atoms with E-state index in [1.807, 2.05) is 0 Å². The molecule has 1 aliphatic carbocycles. The van der Waals surface area contributed by atoms with Crippen LogP contribution in [0.2, 0.25) is 0 Å². The minimum Gasteiger partial charge on any atom is -0.346 e. The second-order valence-electron chi connectivity index (χ2n) is 2.56. The van der Waals surface area contributed by atoms with Crippen LogP contribution in [0.5, 0.6) is 0 Å². The molecule has 9 heavy (non-hydrogen) atoms. The fourth-order valence-electron chi connectivity index (χ4n) is 1.37. The summed E-state index contributed by atoms with van der Waals surface area (Å²) in [6.07, 6.45) is 8.07. The Morgan fingerprint density at radius 1 is 1.22 bits per heavy atom. The Hall–Kier alpha value is 0.688. The van der Waals surface area contributed by atoms with Gasteiger partial charge < -0.3 is 12.8 Å². The molecule has 52 valence electrons. The molecule has 1 saturated carbocycles. The summed E-state index contributed by atoms with van der Waals surface area (Å²) in [4.78, 5) is 0. The molecule has 1 rings (SSSR count). The first-order valence-electron chi connectivity index (χ1n) is 3.56. The van der Waals surface area contributed by atoms with Gasteiger partial charge in [-0.2, -0.15) is 12.8 Å². The summed E-state index contributed by atoms with van der Waals surface area (Å²) in [5.74, 6) is 1.76. The van der Waals surface area contributed by atoms with Crippen LogP contribution in [0.15, 0.2) is 0 Å². The molecule has 0 N–H and O–H groups in total. The topological polar surface area (TPSA) is 0 Å². The van der Waals surface area contributed by atoms with Crippen molar-refractivity contribution in [1.82, 2.24) is 0 Å². The molecule has 0 saturated heterocycles. The third-order valence-electron chi connectivity index (χ3n) is 1.84. The van der Waals surface area contributed by atoms with E-state index in [9.17, 15) is 0 Å². The summed E-state index contributed by atoms with van der Waals surface area (Å²) in [6, 6.07) is 0. The first-order chi connectivity index (χ1) is 3.93. The van der Waals surface area contributed by atoms with Gasteiger partial charge in [0.1, 0.15) is 0 Å². The molecule has 0 amide bonds. The largest absolute Gasteiger partial charge is 2.00 e. The molecular weight excluding hydrogens is 280 g/mol. The minimum absolute atomic E-state index is 0. The first kappa shape index (κ1) is 9.69. The molecule has 0 nitrogen and oxygen atoms in total. The van der Waals surface area contributed by atoms with Crippen molar-refractivity contribution in [3.63, 3.8) is 0 Å². The molecule has 0 aliphatic heterocycles. The molecule has 0 bridgehead atoms. The molecule has 1 fully saturated rings. The van der Waals surface area contributed by atoms with E-state index in [0.717, 1.165) is 6.42 Å². The molecule has 0 aromatic heterocycles. The zero-order chi connectivity index (χ0) is 5.82. The molecule has 0 spiro atoms. The van der Waals surface area contributed by atoms with Crippen molar-refractivity contribution in [2.45, 2.75) is 38.5 Å². The van der Waals surface area contributed by atoms with Crippen molar-refractivity contribution in [3.05, 3.63) is 12.8 Å². The molecule has 0 atom stereocenters. The third-order valence-corrected chi connectivity index (χ3v) is 1.84. The van der Waals surface area contributed by atoms with E-state index in [1.165, 1.54) is 32.1 Å².